The van der Waals surface area contributed by atoms with Crippen LogP contribution in [0.4, 0.5) is 5.82 Å². The van der Waals surface area contributed by atoms with Gasteiger partial charge in [0.2, 0.25) is 9.84 Å². The summed E-state index contributed by atoms with van der Waals surface area (Å²) in [6.45, 7) is 8.04. The molecule has 0 N–H and O–H groups in total. The van der Waals surface area contributed by atoms with Crippen molar-refractivity contribution in [3.8, 4) is 11.3 Å². The Labute approximate surface area is 217 Å². The topological polar surface area (TPSA) is 97.3 Å². The van der Waals surface area contributed by atoms with Gasteiger partial charge in [0.05, 0.1) is 22.2 Å². The molecule has 1 unspecified atom stereocenters. The Morgan fingerprint density at radius 2 is 1.69 bits per heavy atom. The molecule has 3 heterocycles. The smallest absolute Gasteiger partial charge is 0.356 e. The average molecular weight is 528 g/mol. The van der Waals surface area contributed by atoms with Gasteiger partial charge in [0.25, 0.3) is 0 Å². The van der Waals surface area contributed by atoms with Crippen molar-refractivity contribution in [3.63, 3.8) is 0 Å². The van der Waals surface area contributed by atoms with Crippen molar-refractivity contribution in [2.75, 3.05) is 18.0 Å². The molecule has 0 amide bonds. The molecule has 7 nitrogen and oxygen atoms in total. The van der Waals surface area contributed by atoms with E-state index in [2.05, 4.69) is 21.8 Å². The molecule has 1 aromatic carbocycles. The molecule has 0 saturated carbocycles. The van der Waals surface area contributed by atoms with Crippen LogP contribution in [0.5, 0.6) is 0 Å². The van der Waals surface area contributed by atoms with Crippen molar-refractivity contribution in [3.05, 3.63) is 70.4 Å². The molecule has 9 heteroatoms. The molecule has 36 heavy (non-hydrogen) atoms. The first-order valence-corrected chi connectivity index (χ1v) is 13.9. The van der Waals surface area contributed by atoms with Gasteiger partial charge in [0, 0.05) is 18.7 Å². The first kappa shape index (κ1) is 27.5. The molecular weight excluding hydrogens is 498 g/mol. The number of nitrogens with zero attached hydrogens (tertiary/aromatic N) is 3. The fourth-order valence-corrected chi connectivity index (χ4v) is 5.97. The normalized spacial score (nSPS) is 15.6. The van der Waals surface area contributed by atoms with E-state index in [-0.39, 0.29) is 16.9 Å². The van der Waals surface area contributed by atoms with Crippen molar-refractivity contribution in [1.29, 1.82) is 0 Å². The minimum Gasteiger partial charge on any atom is -0.356 e. The highest BCUT2D eigenvalue weighted by atomic mass is 35.5. The summed E-state index contributed by atoms with van der Waals surface area (Å²) in [6.07, 6.45) is 3.70. The zero-order valence-electron chi connectivity index (χ0n) is 20.7. The van der Waals surface area contributed by atoms with Gasteiger partial charge in [-0.05, 0) is 68.0 Å². The first-order valence-electron chi connectivity index (χ1n) is 11.9. The highest BCUT2D eigenvalue weighted by molar-refractivity contribution is 7.90. The molecule has 1 fully saturated rings. The third-order valence-electron chi connectivity index (χ3n) is 6.41. The molecule has 4 rings (SSSR count). The summed E-state index contributed by atoms with van der Waals surface area (Å²) in [5.74, 6) is 1.13. The maximum Gasteiger partial charge on any atom is 0.373 e. The maximum atomic E-state index is 13.3. The van der Waals surface area contributed by atoms with Gasteiger partial charge in [0.15, 0.2) is 5.03 Å². The van der Waals surface area contributed by atoms with Crippen LogP contribution in [-0.4, -0.2) is 37.6 Å². The molecule has 0 bridgehead atoms. The second-order valence-electron chi connectivity index (χ2n) is 8.94. The van der Waals surface area contributed by atoms with Gasteiger partial charge in [-0.2, -0.15) is 9.59 Å². The molecule has 0 aliphatic carbocycles. The Morgan fingerprint density at radius 1 is 1.03 bits per heavy atom. The number of hydrogen-bond donors (Lipinski definition) is 0. The molecule has 0 spiro atoms. The van der Waals surface area contributed by atoms with E-state index in [4.69, 9.17) is 21.2 Å². The minimum absolute atomic E-state index is 0.0870. The highest BCUT2D eigenvalue weighted by Gasteiger charge is 2.23. The molecule has 0 radical (unpaired) electrons. The number of anilines is 1. The van der Waals surface area contributed by atoms with E-state index in [1.54, 1.807) is 24.3 Å². The summed E-state index contributed by atoms with van der Waals surface area (Å²) in [4.78, 5) is 27.7. The number of pyridine rings is 2. The lowest BCUT2D eigenvalue weighted by Crippen LogP contribution is -2.35. The Kier molecular flexibility index (Phi) is 9.37. The molecule has 1 aliphatic heterocycles. The number of rotatable bonds is 6. The predicted molar refractivity (Wildman–Crippen MR) is 140 cm³/mol. The Hall–Kier alpha value is -3.06. The predicted octanol–water partition coefficient (Wildman–Crippen LogP) is 5.43. The monoisotopic (exact) mass is 527 g/mol. The average Bonchev–Trinajstić information content (AvgIpc) is 2.86. The van der Waals surface area contributed by atoms with Gasteiger partial charge in [0.1, 0.15) is 5.82 Å². The van der Waals surface area contributed by atoms with E-state index >= 15 is 0 Å². The van der Waals surface area contributed by atoms with Crippen molar-refractivity contribution >= 4 is 33.4 Å². The maximum absolute atomic E-state index is 13.3. The number of hydrogen-bond acceptors (Lipinski definition) is 7. The third-order valence-corrected chi connectivity index (χ3v) is 8.25. The van der Waals surface area contributed by atoms with Crippen LogP contribution in [0, 0.1) is 19.8 Å². The molecule has 3 aromatic rings. The van der Waals surface area contributed by atoms with E-state index in [0.717, 1.165) is 48.4 Å². The number of carbonyl (C=O) groups excluding carboxylic acids is 2. The molecule has 2 aromatic heterocycles. The van der Waals surface area contributed by atoms with E-state index in [1.165, 1.54) is 6.42 Å². The molecule has 190 valence electrons. The number of aryl methyl sites for hydroxylation is 2. The lowest BCUT2D eigenvalue weighted by Gasteiger charge is -2.33. The van der Waals surface area contributed by atoms with Crippen LogP contribution in [0.2, 0.25) is 5.02 Å². The Balaban J connectivity index is 0.00000115. The van der Waals surface area contributed by atoms with E-state index < -0.39 is 9.84 Å². The van der Waals surface area contributed by atoms with Gasteiger partial charge in [-0.1, -0.05) is 49.2 Å². The second kappa shape index (κ2) is 12.3. The van der Waals surface area contributed by atoms with Gasteiger partial charge >= 0.3 is 6.15 Å². The molecule has 1 atom stereocenters. The summed E-state index contributed by atoms with van der Waals surface area (Å²) in [7, 11) is -3.67. The fraction of sp³-hybridized carbons (Fsp3) is 0.370. The standard InChI is InChI=1S/C26H30ClN3O2S.CO2/c1-4-20-10-7-15-30(16-20)23-11-6-12-24(29-23)33(31,32)17-21-13-14-22(27)26(28-21)25-18(2)8-5-9-19(25)3;2-1-3/h5-6,8-9,11-14,20H,4,7,10,15-17H2,1-3H3;. The number of piperidine rings is 1. The largest absolute Gasteiger partial charge is 0.373 e. The lowest BCUT2D eigenvalue weighted by atomic mass is 9.96. The summed E-state index contributed by atoms with van der Waals surface area (Å²) < 4.78 is 26.5. The Morgan fingerprint density at radius 3 is 2.36 bits per heavy atom. The summed E-state index contributed by atoms with van der Waals surface area (Å²) in [6, 6.07) is 14.6. The van der Waals surface area contributed by atoms with Crippen molar-refractivity contribution in [2.24, 2.45) is 5.92 Å². The van der Waals surface area contributed by atoms with Crippen LogP contribution in [0.1, 0.15) is 43.0 Å². The van der Waals surface area contributed by atoms with E-state index in [9.17, 15) is 8.42 Å². The molecular formula is C27H30ClN3O4S. The van der Waals surface area contributed by atoms with Crippen LogP contribution in [0.3, 0.4) is 0 Å². The van der Waals surface area contributed by atoms with Crippen molar-refractivity contribution < 1.29 is 18.0 Å². The second-order valence-corrected chi connectivity index (χ2v) is 11.3. The number of benzene rings is 1. The Bertz CT molecular complexity index is 1330. The van der Waals surface area contributed by atoms with Gasteiger partial charge in [-0.3, -0.25) is 4.98 Å². The zero-order valence-corrected chi connectivity index (χ0v) is 22.3. The molecule has 1 aliphatic rings. The lowest BCUT2D eigenvalue weighted by molar-refractivity contribution is -0.191. The SMILES string of the molecule is CCC1CCCN(c2cccc(S(=O)(=O)Cc3ccc(Cl)c(-c4c(C)cccc4C)n3)n2)C1.O=C=O. The number of aromatic nitrogens is 2. The number of halogens is 1. The van der Waals surface area contributed by atoms with Crippen LogP contribution in [0.15, 0.2) is 53.6 Å². The minimum atomic E-state index is -3.67. The van der Waals surface area contributed by atoms with Crippen molar-refractivity contribution in [2.45, 2.75) is 50.8 Å². The first-order chi connectivity index (χ1) is 17.2. The van der Waals surface area contributed by atoms with E-state index in [1.807, 2.05) is 38.1 Å². The van der Waals surface area contributed by atoms with E-state index in [0.29, 0.717) is 22.3 Å². The third kappa shape index (κ3) is 6.58. The van der Waals surface area contributed by atoms with Crippen LogP contribution >= 0.6 is 11.6 Å². The van der Waals surface area contributed by atoms with Crippen LogP contribution in [0.25, 0.3) is 11.3 Å². The fourth-order valence-electron chi connectivity index (χ4n) is 4.55. The number of sulfone groups is 1. The quantitative estimate of drug-likeness (QED) is 0.421. The molecule has 1 saturated heterocycles. The van der Waals surface area contributed by atoms with Crippen LogP contribution in [-0.2, 0) is 25.2 Å². The van der Waals surface area contributed by atoms with Gasteiger partial charge in [-0.15, -0.1) is 0 Å². The van der Waals surface area contributed by atoms with Gasteiger partial charge < -0.3 is 4.90 Å². The van der Waals surface area contributed by atoms with Gasteiger partial charge in [-0.25, -0.2) is 13.4 Å². The van der Waals surface area contributed by atoms with Crippen LogP contribution < -0.4 is 4.90 Å². The highest BCUT2D eigenvalue weighted by Crippen LogP contribution is 2.32. The summed E-state index contributed by atoms with van der Waals surface area (Å²) in [5, 5.41) is 0.591. The van der Waals surface area contributed by atoms with Crippen molar-refractivity contribution in [1.82, 2.24) is 9.97 Å². The zero-order chi connectivity index (χ0) is 26.3. The summed E-state index contributed by atoms with van der Waals surface area (Å²) >= 11 is 6.46. The summed E-state index contributed by atoms with van der Waals surface area (Å²) in [5.41, 5.74) is 4.10.